The predicted molar refractivity (Wildman–Crippen MR) is 98.0 cm³/mol. The van der Waals surface area contributed by atoms with Gasteiger partial charge in [-0.25, -0.2) is 14.1 Å². The third-order valence-electron chi connectivity index (χ3n) is 3.83. The summed E-state index contributed by atoms with van der Waals surface area (Å²) in [4.78, 5) is 16.4. The summed E-state index contributed by atoms with van der Waals surface area (Å²) in [6.07, 6.45) is -0.186. The molecule has 0 radical (unpaired) electrons. The number of hydrogen-bond donors (Lipinski definition) is 4. The summed E-state index contributed by atoms with van der Waals surface area (Å²) in [5.74, 6) is -0.963. The van der Waals surface area contributed by atoms with E-state index in [1.807, 2.05) is 0 Å². The molecule has 3 aromatic rings. The Balaban J connectivity index is 1.71. The van der Waals surface area contributed by atoms with Gasteiger partial charge in [-0.1, -0.05) is 11.6 Å². The molecule has 1 amide bonds. The SMILES string of the molecule is O=C(Cc1nc(-c2ccc(Cl)c(F)c2)nn1CO)NCc1cc(O)cc(O)c1. The zero-order valence-electron chi connectivity index (χ0n) is 14.4. The first kappa shape index (κ1) is 19.6. The van der Waals surface area contributed by atoms with Crippen molar-refractivity contribution in [3.8, 4) is 22.9 Å². The first-order chi connectivity index (χ1) is 13.4. The molecule has 3 rings (SSSR count). The quantitative estimate of drug-likeness (QED) is 0.496. The zero-order valence-corrected chi connectivity index (χ0v) is 15.2. The van der Waals surface area contributed by atoms with Crippen LogP contribution in [0.5, 0.6) is 11.5 Å². The molecule has 0 atom stereocenters. The predicted octanol–water partition coefficient (Wildman–Crippen LogP) is 1.96. The van der Waals surface area contributed by atoms with Gasteiger partial charge in [-0.3, -0.25) is 4.79 Å². The fourth-order valence-electron chi connectivity index (χ4n) is 2.54. The summed E-state index contributed by atoms with van der Waals surface area (Å²) in [7, 11) is 0. The second-order valence-electron chi connectivity index (χ2n) is 5.93. The van der Waals surface area contributed by atoms with E-state index in [-0.39, 0.29) is 41.1 Å². The van der Waals surface area contributed by atoms with Gasteiger partial charge in [0.1, 0.15) is 29.9 Å². The molecule has 0 unspecified atom stereocenters. The summed E-state index contributed by atoms with van der Waals surface area (Å²) in [5, 5.41) is 35.0. The molecule has 0 saturated heterocycles. The minimum Gasteiger partial charge on any atom is -0.508 e. The maximum atomic E-state index is 13.6. The lowest BCUT2D eigenvalue weighted by Crippen LogP contribution is -2.26. The van der Waals surface area contributed by atoms with Crippen LogP contribution < -0.4 is 5.32 Å². The molecule has 0 aliphatic heterocycles. The number of halogens is 2. The number of carbonyl (C=O) groups is 1. The summed E-state index contributed by atoms with van der Waals surface area (Å²) >= 11 is 5.66. The molecule has 0 bridgehead atoms. The van der Waals surface area contributed by atoms with Crippen molar-refractivity contribution >= 4 is 17.5 Å². The molecule has 1 aromatic heterocycles. The third kappa shape index (κ3) is 4.56. The molecule has 2 aromatic carbocycles. The van der Waals surface area contributed by atoms with E-state index < -0.39 is 18.5 Å². The van der Waals surface area contributed by atoms with Crippen molar-refractivity contribution < 1.29 is 24.5 Å². The first-order valence-electron chi connectivity index (χ1n) is 8.14. The monoisotopic (exact) mass is 406 g/mol. The maximum absolute atomic E-state index is 13.6. The molecule has 0 aliphatic carbocycles. The molecule has 0 spiro atoms. The summed E-state index contributed by atoms with van der Waals surface area (Å²) in [6.45, 7) is -0.435. The number of aromatic hydroxyl groups is 2. The van der Waals surface area contributed by atoms with Crippen LogP contribution in [0.25, 0.3) is 11.4 Å². The Bertz CT molecular complexity index is 1000. The van der Waals surface area contributed by atoms with Crippen LogP contribution in [0.15, 0.2) is 36.4 Å². The fourth-order valence-corrected chi connectivity index (χ4v) is 2.66. The van der Waals surface area contributed by atoms with Crippen LogP contribution in [0.1, 0.15) is 11.4 Å². The number of hydrogen-bond acceptors (Lipinski definition) is 6. The number of carbonyl (C=O) groups excluding carboxylic acids is 1. The Morgan fingerprint density at radius 2 is 1.89 bits per heavy atom. The normalized spacial score (nSPS) is 10.8. The van der Waals surface area contributed by atoms with E-state index in [9.17, 15) is 24.5 Å². The van der Waals surface area contributed by atoms with Gasteiger partial charge in [-0.2, -0.15) is 0 Å². The molecule has 28 heavy (non-hydrogen) atoms. The number of amides is 1. The Morgan fingerprint density at radius 3 is 2.54 bits per heavy atom. The van der Waals surface area contributed by atoms with Crippen LogP contribution in [-0.4, -0.2) is 36.0 Å². The highest BCUT2D eigenvalue weighted by Gasteiger charge is 2.15. The van der Waals surface area contributed by atoms with Crippen molar-refractivity contribution in [2.75, 3.05) is 0 Å². The minimum absolute atomic E-state index is 0.0390. The maximum Gasteiger partial charge on any atom is 0.227 e. The number of phenolic OH excluding ortho intramolecular Hbond substituents is 2. The van der Waals surface area contributed by atoms with Crippen LogP contribution in [0.4, 0.5) is 4.39 Å². The molecule has 0 fully saturated rings. The Labute approximate surface area is 163 Å². The van der Waals surface area contributed by atoms with Crippen LogP contribution >= 0.6 is 11.6 Å². The van der Waals surface area contributed by atoms with Crippen molar-refractivity contribution in [1.29, 1.82) is 0 Å². The molecule has 4 N–H and O–H groups in total. The molecule has 1 heterocycles. The number of benzene rings is 2. The lowest BCUT2D eigenvalue weighted by molar-refractivity contribution is -0.120. The van der Waals surface area contributed by atoms with E-state index in [2.05, 4.69) is 15.4 Å². The van der Waals surface area contributed by atoms with E-state index in [1.54, 1.807) is 0 Å². The standard InChI is InChI=1S/C18H16ClFN4O4/c19-14-2-1-11(5-15(14)20)18-22-16(24(9-25)23-18)7-17(28)21-8-10-3-12(26)6-13(27)4-10/h1-6,25-27H,7-9H2,(H,21,28). The van der Waals surface area contributed by atoms with Crippen molar-refractivity contribution in [1.82, 2.24) is 20.1 Å². The number of aliphatic hydroxyl groups excluding tert-OH is 1. The van der Waals surface area contributed by atoms with Crippen molar-refractivity contribution in [2.24, 2.45) is 0 Å². The van der Waals surface area contributed by atoms with Gasteiger partial charge in [0, 0.05) is 18.2 Å². The fraction of sp³-hybridized carbons (Fsp3) is 0.167. The lowest BCUT2D eigenvalue weighted by Gasteiger charge is -2.06. The molecular weight excluding hydrogens is 391 g/mol. The van der Waals surface area contributed by atoms with Crippen molar-refractivity contribution in [2.45, 2.75) is 19.7 Å². The second kappa shape index (κ2) is 8.24. The molecule has 10 heteroatoms. The van der Waals surface area contributed by atoms with Gasteiger partial charge in [0.15, 0.2) is 5.82 Å². The Morgan fingerprint density at radius 1 is 1.18 bits per heavy atom. The van der Waals surface area contributed by atoms with E-state index in [0.717, 1.165) is 10.7 Å². The second-order valence-corrected chi connectivity index (χ2v) is 6.34. The lowest BCUT2D eigenvalue weighted by atomic mass is 10.2. The topological polar surface area (TPSA) is 121 Å². The summed E-state index contributed by atoms with van der Waals surface area (Å²) in [5.41, 5.74) is 0.859. The Kier molecular flexibility index (Phi) is 5.76. The van der Waals surface area contributed by atoms with Crippen LogP contribution in [0.2, 0.25) is 5.02 Å². The van der Waals surface area contributed by atoms with Crippen molar-refractivity contribution in [3.05, 3.63) is 58.6 Å². The van der Waals surface area contributed by atoms with Crippen LogP contribution in [0, 0.1) is 5.82 Å². The van der Waals surface area contributed by atoms with E-state index in [4.69, 9.17) is 11.6 Å². The highest BCUT2D eigenvalue weighted by Crippen LogP contribution is 2.22. The third-order valence-corrected chi connectivity index (χ3v) is 4.14. The van der Waals surface area contributed by atoms with Gasteiger partial charge < -0.3 is 20.6 Å². The highest BCUT2D eigenvalue weighted by atomic mass is 35.5. The van der Waals surface area contributed by atoms with Crippen LogP contribution in [-0.2, 0) is 24.5 Å². The van der Waals surface area contributed by atoms with Crippen molar-refractivity contribution in [3.63, 3.8) is 0 Å². The smallest absolute Gasteiger partial charge is 0.227 e. The number of nitrogens with zero attached hydrogens (tertiary/aromatic N) is 3. The number of nitrogens with one attached hydrogen (secondary N) is 1. The summed E-state index contributed by atoms with van der Waals surface area (Å²) < 4.78 is 14.8. The van der Waals surface area contributed by atoms with Gasteiger partial charge in [-0.05, 0) is 35.9 Å². The summed E-state index contributed by atoms with van der Waals surface area (Å²) in [6, 6.07) is 8.05. The molecule has 146 valence electrons. The highest BCUT2D eigenvalue weighted by molar-refractivity contribution is 6.30. The number of rotatable bonds is 6. The van der Waals surface area contributed by atoms with Gasteiger partial charge >= 0.3 is 0 Å². The molecular formula is C18H16ClFN4O4. The molecule has 8 nitrogen and oxygen atoms in total. The van der Waals surface area contributed by atoms with Gasteiger partial charge in [0.25, 0.3) is 0 Å². The molecule has 0 aliphatic rings. The first-order valence-corrected chi connectivity index (χ1v) is 8.52. The van der Waals surface area contributed by atoms with E-state index in [0.29, 0.717) is 11.1 Å². The number of aliphatic hydroxyl groups is 1. The van der Waals surface area contributed by atoms with Crippen LogP contribution in [0.3, 0.4) is 0 Å². The van der Waals surface area contributed by atoms with Gasteiger partial charge in [-0.15, -0.1) is 5.10 Å². The largest absolute Gasteiger partial charge is 0.508 e. The molecule has 0 saturated carbocycles. The average molecular weight is 407 g/mol. The van der Waals surface area contributed by atoms with Gasteiger partial charge in [0.2, 0.25) is 5.91 Å². The number of aromatic nitrogens is 3. The Hall–Kier alpha value is -3.17. The van der Waals surface area contributed by atoms with E-state index in [1.165, 1.54) is 30.3 Å². The van der Waals surface area contributed by atoms with E-state index >= 15 is 0 Å². The van der Waals surface area contributed by atoms with Gasteiger partial charge in [0.05, 0.1) is 11.4 Å². The minimum atomic E-state index is -0.631. The zero-order chi connectivity index (χ0) is 20.3. The number of phenols is 2. The average Bonchev–Trinajstić information content (AvgIpc) is 3.04.